The van der Waals surface area contributed by atoms with Gasteiger partial charge in [0.05, 0.1) is 17.8 Å². The molecular formula is C19H21ClN4O2. The van der Waals surface area contributed by atoms with E-state index in [1.807, 2.05) is 37.3 Å². The van der Waals surface area contributed by atoms with Crippen LogP contribution in [0.15, 0.2) is 48.7 Å². The molecular weight excluding hydrogens is 352 g/mol. The van der Waals surface area contributed by atoms with Crippen molar-refractivity contribution in [1.82, 2.24) is 9.78 Å². The molecule has 0 bridgehead atoms. The zero-order valence-electron chi connectivity index (χ0n) is 14.9. The van der Waals surface area contributed by atoms with Crippen molar-refractivity contribution in [2.45, 2.75) is 13.5 Å². The van der Waals surface area contributed by atoms with E-state index in [-0.39, 0.29) is 0 Å². The van der Waals surface area contributed by atoms with Crippen LogP contribution in [0, 0.1) is 6.92 Å². The molecule has 3 rings (SSSR count). The van der Waals surface area contributed by atoms with Crippen LogP contribution in [-0.2, 0) is 6.61 Å². The number of rotatable bonds is 6. The van der Waals surface area contributed by atoms with Gasteiger partial charge in [-0.15, -0.1) is 5.10 Å². The third-order valence-electron chi connectivity index (χ3n) is 4.09. The lowest BCUT2D eigenvalue weighted by atomic mass is 10.1. The Morgan fingerprint density at radius 1 is 1.19 bits per heavy atom. The van der Waals surface area contributed by atoms with Gasteiger partial charge in [0.2, 0.25) is 5.88 Å². The number of ether oxygens (including phenoxy) is 2. The molecule has 3 aromatic rings. The molecule has 0 spiro atoms. The monoisotopic (exact) mass is 372 g/mol. The summed E-state index contributed by atoms with van der Waals surface area (Å²) in [6.45, 7) is 2.40. The lowest BCUT2D eigenvalue weighted by Gasteiger charge is -2.18. The van der Waals surface area contributed by atoms with Crippen molar-refractivity contribution in [3.05, 3.63) is 64.8 Å². The molecule has 0 unspecified atom stereocenters. The van der Waals surface area contributed by atoms with Gasteiger partial charge < -0.3 is 14.5 Å². The number of hydrogen-bond acceptors (Lipinski definition) is 5. The second-order valence-electron chi connectivity index (χ2n) is 5.86. The molecule has 0 fully saturated rings. The van der Waals surface area contributed by atoms with E-state index in [9.17, 15) is 0 Å². The molecule has 0 amide bonds. The summed E-state index contributed by atoms with van der Waals surface area (Å²) in [5.41, 5.74) is 3.79. The first-order valence-electron chi connectivity index (χ1n) is 8.09. The number of halogens is 1. The number of aryl methyl sites for hydroxylation is 1. The van der Waals surface area contributed by atoms with Gasteiger partial charge in [0.25, 0.3) is 0 Å². The standard InChI is InChI=1S/C19H21ClN4O2/c1-13-6-4-8-16(23(2)21)14(13)12-26-18-10-11-24(22-18)17-9-5-7-15(20)19(17)25-3/h4-11H,12,21H2,1-3H3. The largest absolute Gasteiger partial charge is 0.493 e. The normalized spacial score (nSPS) is 10.7. The van der Waals surface area contributed by atoms with Gasteiger partial charge in [0.15, 0.2) is 5.75 Å². The number of para-hydroxylation sites is 1. The summed E-state index contributed by atoms with van der Waals surface area (Å²) in [6.07, 6.45) is 1.80. The fourth-order valence-electron chi connectivity index (χ4n) is 2.75. The first-order valence-corrected chi connectivity index (χ1v) is 8.47. The Morgan fingerprint density at radius 3 is 2.69 bits per heavy atom. The number of anilines is 1. The molecule has 0 saturated carbocycles. The van der Waals surface area contributed by atoms with Crippen molar-refractivity contribution >= 4 is 17.3 Å². The van der Waals surface area contributed by atoms with Crippen LogP contribution in [0.25, 0.3) is 5.69 Å². The summed E-state index contributed by atoms with van der Waals surface area (Å²) in [4.78, 5) is 0. The van der Waals surface area contributed by atoms with Crippen molar-refractivity contribution in [1.29, 1.82) is 0 Å². The molecule has 7 heteroatoms. The third kappa shape index (κ3) is 3.61. The van der Waals surface area contributed by atoms with E-state index >= 15 is 0 Å². The average molecular weight is 373 g/mol. The molecule has 0 aliphatic carbocycles. The van der Waals surface area contributed by atoms with Crippen molar-refractivity contribution < 1.29 is 9.47 Å². The number of hydrazine groups is 1. The predicted molar refractivity (Wildman–Crippen MR) is 103 cm³/mol. The minimum Gasteiger partial charge on any atom is -0.493 e. The smallest absolute Gasteiger partial charge is 0.233 e. The molecule has 26 heavy (non-hydrogen) atoms. The van der Waals surface area contributed by atoms with Gasteiger partial charge in [0.1, 0.15) is 12.3 Å². The topological polar surface area (TPSA) is 65.5 Å². The Kier molecular flexibility index (Phi) is 5.35. The summed E-state index contributed by atoms with van der Waals surface area (Å²) in [5, 5.41) is 6.57. The lowest BCUT2D eigenvalue weighted by molar-refractivity contribution is 0.291. The maximum absolute atomic E-state index is 6.18. The lowest BCUT2D eigenvalue weighted by Crippen LogP contribution is -2.26. The highest BCUT2D eigenvalue weighted by Crippen LogP contribution is 2.31. The number of hydrogen-bond donors (Lipinski definition) is 1. The van der Waals surface area contributed by atoms with E-state index in [1.165, 1.54) is 0 Å². The van der Waals surface area contributed by atoms with Crippen molar-refractivity contribution in [2.75, 3.05) is 19.2 Å². The van der Waals surface area contributed by atoms with Crippen molar-refractivity contribution in [3.8, 4) is 17.3 Å². The van der Waals surface area contributed by atoms with E-state index in [0.29, 0.717) is 23.3 Å². The molecule has 0 aliphatic heterocycles. The number of methoxy groups -OCH3 is 1. The van der Waals surface area contributed by atoms with Crippen LogP contribution in [-0.4, -0.2) is 23.9 Å². The van der Waals surface area contributed by atoms with Gasteiger partial charge in [-0.25, -0.2) is 10.5 Å². The quantitative estimate of drug-likeness (QED) is 0.527. The molecule has 1 heterocycles. The second kappa shape index (κ2) is 7.68. The summed E-state index contributed by atoms with van der Waals surface area (Å²) in [5.74, 6) is 6.98. The minimum absolute atomic E-state index is 0.368. The molecule has 6 nitrogen and oxygen atoms in total. The first kappa shape index (κ1) is 18.1. The molecule has 2 aromatic carbocycles. The Bertz CT molecular complexity index is 908. The first-order chi connectivity index (χ1) is 12.5. The van der Waals surface area contributed by atoms with Crippen molar-refractivity contribution in [2.24, 2.45) is 5.84 Å². The van der Waals surface area contributed by atoms with Crippen LogP contribution in [0.5, 0.6) is 11.6 Å². The van der Waals surface area contributed by atoms with E-state index in [4.69, 9.17) is 26.9 Å². The van der Waals surface area contributed by atoms with Crippen LogP contribution in [0.2, 0.25) is 5.02 Å². The highest BCUT2D eigenvalue weighted by Gasteiger charge is 2.13. The van der Waals surface area contributed by atoms with Gasteiger partial charge in [-0.05, 0) is 30.7 Å². The van der Waals surface area contributed by atoms with E-state index in [2.05, 4.69) is 5.10 Å². The zero-order valence-corrected chi connectivity index (χ0v) is 15.7. The molecule has 0 aliphatic rings. The Hall–Kier alpha value is -2.70. The Balaban J connectivity index is 1.82. The highest BCUT2D eigenvalue weighted by atomic mass is 35.5. The SMILES string of the molecule is COc1c(Cl)cccc1-n1ccc(OCc2c(C)cccc2N(C)N)n1. The molecule has 2 N–H and O–H groups in total. The number of nitrogens with zero attached hydrogens (tertiary/aromatic N) is 3. The average Bonchev–Trinajstić information content (AvgIpc) is 3.09. The Labute approximate surface area is 157 Å². The fourth-order valence-corrected chi connectivity index (χ4v) is 3.00. The maximum Gasteiger partial charge on any atom is 0.233 e. The van der Waals surface area contributed by atoms with Crippen LogP contribution >= 0.6 is 11.6 Å². The number of nitrogens with two attached hydrogens (primary N) is 1. The molecule has 0 radical (unpaired) electrons. The predicted octanol–water partition coefficient (Wildman–Crippen LogP) is 3.73. The maximum atomic E-state index is 6.18. The van der Waals surface area contributed by atoms with E-state index in [0.717, 1.165) is 22.5 Å². The van der Waals surface area contributed by atoms with E-state index < -0.39 is 0 Å². The summed E-state index contributed by atoms with van der Waals surface area (Å²) >= 11 is 6.18. The van der Waals surface area contributed by atoms with Gasteiger partial charge in [0, 0.05) is 24.9 Å². The fraction of sp³-hybridized carbons (Fsp3) is 0.211. The second-order valence-corrected chi connectivity index (χ2v) is 6.27. The van der Waals surface area contributed by atoms with Crippen LogP contribution < -0.4 is 20.3 Å². The number of benzene rings is 2. The zero-order chi connectivity index (χ0) is 18.7. The van der Waals surface area contributed by atoms with E-state index in [1.54, 1.807) is 42.2 Å². The summed E-state index contributed by atoms with van der Waals surface area (Å²) < 4.78 is 12.9. The van der Waals surface area contributed by atoms with Gasteiger partial charge >= 0.3 is 0 Å². The molecule has 0 atom stereocenters. The van der Waals surface area contributed by atoms with Crippen LogP contribution in [0.3, 0.4) is 0 Å². The summed E-state index contributed by atoms with van der Waals surface area (Å²) in [6, 6.07) is 13.3. The minimum atomic E-state index is 0.368. The van der Waals surface area contributed by atoms with Gasteiger partial charge in [-0.1, -0.05) is 29.8 Å². The van der Waals surface area contributed by atoms with Crippen LogP contribution in [0.4, 0.5) is 5.69 Å². The van der Waals surface area contributed by atoms with Gasteiger partial charge in [-0.3, -0.25) is 0 Å². The highest BCUT2D eigenvalue weighted by molar-refractivity contribution is 6.32. The summed E-state index contributed by atoms with van der Waals surface area (Å²) in [7, 11) is 3.38. The van der Waals surface area contributed by atoms with Crippen molar-refractivity contribution in [3.63, 3.8) is 0 Å². The number of aromatic nitrogens is 2. The third-order valence-corrected chi connectivity index (χ3v) is 4.39. The molecule has 0 saturated heterocycles. The van der Waals surface area contributed by atoms with Crippen LogP contribution in [0.1, 0.15) is 11.1 Å². The van der Waals surface area contributed by atoms with Gasteiger partial charge in [-0.2, -0.15) is 0 Å². The Morgan fingerprint density at radius 2 is 1.96 bits per heavy atom. The molecule has 136 valence electrons. The molecule has 1 aromatic heterocycles.